The highest BCUT2D eigenvalue weighted by Crippen LogP contribution is 2.35. The van der Waals surface area contributed by atoms with Crippen LogP contribution in [-0.4, -0.2) is 55.0 Å². The molecule has 0 radical (unpaired) electrons. The Hall–Kier alpha value is -3.49. The van der Waals surface area contributed by atoms with Crippen molar-refractivity contribution in [2.45, 2.75) is 26.3 Å². The lowest BCUT2D eigenvalue weighted by Gasteiger charge is -2.49. The number of likely N-dealkylation sites (tertiary alicyclic amines) is 1. The number of hydrogen-bond donors (Lipinski definition) is 3. The molecular formula is C20H23N7O2. The number of H-pyrrole nitrogens is 2. The molecule has 0 bridgehead atoms. The van der Waals surface area contributed by atoms with Gasteiger partial charge in [0.15, 0.2) is 0 Å². The zero-order chi connectivity index (χ0) is 20.3. The predicted molar refractivity (Wildman–Crippen MR) is 104 cm³/mol. The van der Waals surface area contributed by atoms with Crippen LogP contribution in [0.3, 0.4) is 0 Å². The van der Waals surface area contributed by atoms with E-state index in [4.69, 9.17) is 0 Å². The molecule has 3 N–H and O–H groups in total. The first-order valence-corrected chi connectivity index (χ1v) is 9.49. The van der Waals surface area contributed by atoms with Crippen LogP contribution in [0.25, 0.3) is 0 Å². The number of nitrogens with zero attached hydrogens (tertiary/aromatic N) is 4. The fraction of sp³-hybridized carbons (Fsp3) is 0.350. The van der Waals surface area contributed by atoms with Crippen molar-refractivity contribution >= 4 is 11.8 Å². The van der Waals surface area contributed by atoms with Crippen molar-refractivity contribution in [1.29, 1.82) is 0 Å². The summed E-state index contributed by atoms with van der Waals surface area (Å²) in [6.45, 7) is 2.93. The van der Waals surface area contributed by atoms with Crippen LogP contribution in [0.15, 0.2) is 43.0 Å². The third-order valence-corrected chi connectivity index (χ3v) is 5.34. The van der Waals surface area contributed by atoms with Crippen molar-refractivity contribution < 1.29 is 9.59 Å². The average molecular weight is 393 g/mol. The lowest BCUT2D eigenvalue weighted by Crippen LogP contribution is -2.65. The standard InChI is InChI=1S/C20H23N7O2/c1-14-16(23-12-22-14)7-18(28)27-10-20(11-27,8-15-5-3-2-4-6-15)19(29)21-9-17-24-13-25-26-17/h2-6,12-13H,7-11H2,1H3,(H,21,29)(H,22,23)(H,24,25,26). The van der Waals surface area contributed by atoms with Crippen LogP contribution in [-0.2, 0) is 29.0 Å². The Labute approximate surface area is 168 Å². The van der Waals surface area contributed by atoms with Crippen molar-refractivity contribution in [3.8, 4) is 0 Å². The van der Waals surface area contributed by atoms with Gasteiger partial charge in [0.2, 0.25) is 11.8 Å². The quantitative estimate of drug-likeness (QED) is 0.548. The number of aryl methyl sites for hydroxylation is 1. The smallest absolute Gasteiger partial charge is 0.230 e. The minimum atomic E-state index is -0.655. The number of amides is 2. The van der Waals surface area contributed by atoms with Crippen LogP contribution in [0.2, 0.25) is 0 Å². The summed E-state index contributed by atoms with van der Waals surface area (Å²) in [5.74, 6) is 0.485. The van der Waals surface area contributed by atoms with Gasteiger partial charge in [-0.15, -0.1) is 0 Å². The van der Waals surface area contributed by atoms with Crippen LogP contribution in [0.5, 0.6) is 0 Å². The summed E-state index contributed by atoms with van der Waals surface area (Å²) >= 11 is 0. The lowest BCUT2D eigenvalue weighted by molar-refractivity contribution is -0.153. The van der Waals surface area contributed by atoms with E-state index in [9.17, 15) is 9.59 Å². The summed E-state index contributed by atoms with van der Waals surface area (Å²) in [5, 5.41) is 9.46. The maximum Gasteiger partial charge on any atom is 0.230 e. The third-order valence-electron chi connectivity index (χ3n) is 5.34. The molecule has 1 aromatic carbocycles. The largest absolute Gasteiger partial charge is 0.348 e. The SMILES string of the molecule is Cc1[nH]cnc1CC(=O)N1CC(Cc2ccccc2)(C(=O)NCc2ncn[nH]2)C1. The molecule has 9 heteroatoms. The van der Waals surface area contributed by atoms with Crippen molar-refractivity contribution in [2.75, 3.05) is 13.1 Å². The molecule has 0 saturated carbocycles. The molecule has 0 spiro atoms. The number of rotatable bonds is 7. The van der Waals surface area contributed by atoms with Gasteiger partial charge in [0.25, 0.3) is 0 Å². The fourth-order valence-electron chi connectivity index (χ4n) is 3.67. The first-order valence-electron chi connectivity index (χ1n) is 9.49. The van der Waals surface area contributed by atoms with Gasteiger partial charge in [0.1, 0.15) is 12.2 Å². The van der Waals surface area contributed by atoms with Gasteiger partial charge in [-0.3, -0.25) is 14.7 Å². The molecule has 0 atom stereocenters. The number of imidazole rings is 1. The van der Waals surface area contributed by atoms with E-state index in [2.05, 4.69) is 30.5 Å². The Morgan fingerprint density at radius 3 is 2.66 bits per heavy atom. The van der Waals surface area contributed by atoms with Gasteiger partial charge in [0.05, 0.1) is 30.4 Å². The molecule has 150 valence electrons. The van der Waals surface area contributed by atoms with E-state index in [1.807, 2.05) is 37.3 Å². The number of hydrogen-bond acceptors (Lipinski definition) is 5. The highest BCUT2D eigenvalue weighted by Gasteiger charge is 2.50. The molecule has 2 aromatic heterocycles. The number of carbonyl (C=O) groups is 2. The highest BCUT2D eigenvalue weighted by atomic mass is 16.2. The minimum Gasteiger partial charge on any atom is -0.348 e. The normalized spacial score (nSPS) is 15.0. The predicted octanol–water partition coefficient (Wildman–Crippen LogP) is 0.766. The summed E-state index contributed by atoms with van der Waals surface area (Å²) in [6.07, 6.45) is 3.80. The van der Waals surface area contributed by atoms with E-state index < -0.39 is 5.41 Å². The van der Waals surface area contributed by atoms with Gasteiger partial charge < -0.3 is 15.2 Å². The summed E-state index contributed by atoms with van der Waals surface area (Å²) in [4.78, 5) is 38.7. The van der Waals surface area contributed by atoms with Gasteiger partial charge >= 0.3 is 0 Å². The van der Waals surface area contributed by atoms with E-state index >= 15 is 0 Å². The Bertz CT molecular complexity index is 975. The lowest BCUT2D eigenvalue weighted by atomic mass is 9.73. The number of nitrogens with one attached hydrogen (secondary N) is 3. The van der Waals surface area contributed by atoms with Crippen molar-refractivity contribution in [3.05, 3.63) is 65.8 Å². The monoisotopic (exact) mass is 393 g/mol. The van der Waals surface area contributed by atoms with Gasteiger partial charge in [-0.05, 0) is 18.9 Å². The van der Waals surface area contributed by atoms with E-state index in [1.54, 1.807) is 11.2 Å². The summed E-state index contributed by atoms with van der Waals surface area (Å²) in [5.41, 5.74) is 2.04. The van der Waals surface area contributed by atoms with Crippen LogP contribution >= 0.6 is 0 Å². The zero-order valence-electron chi connectivity index (χ0n) is 16.2. The maximum atomic E-state index is 13.1. The summed E-state index contributed by atoms with van der Waals surface area (Å²) in [7, 11) is 0. The Kier molecular flexibility index (Phi) is 5.11. The topological polar surface area (TPSA) is 120 Å². The van der Waals surface area contributed by atoms with Crippen LogP contribution in [0.4, 0.5) is 0 Å². The Morgan fingerprint density at radius 2 is 2.00 bits per heavy atom. The van der Waals surface area contributed by atoms with Gasteiger partial charge in [-0.2, -0.15) is 5.10 Å². The molecule has 1 aliphatic heterocycles. The molecule has 3 aromatic rings. The molecule has 9 nitrogen and oxygen atoms in total. The minimum absolute atomic E-state index is 0.0214. The molecule has 3 heterocycles. The number of aromatic nitrogens is 5. The van der Waals surface area contributed by atoms with E-state index in [0.717, 1.165) is 17.0 Å². The number of benzene rings is 1. The molecule has 29 heavy (non-hydrogen) atoms. The first kappa shape index (κ1) is 18.9. The second kappa shape index (κ2) is 7.86. The van der Waals surface area contributed by atoms with Crippen molar-refractivity contribution in [2.24, 2.45) is 5.41 Å². The van der Waals surface area contributed by atoms with E-state index in [1.165, 1.54) is 6.33 Å². The zero-order valence-corrected chi connectivity index (χ0v) is 16.2. The first-order chi connectivity index (χ1) is 14.1. The molecule has 1 aliphatic rings. The van der Waals surface area contributed by atoms with Gasteiger partial charge in [-0.1, -0.05) is 30.3 Å². The molecule has 1 fully saturated rings. The van der Waals surface area contributed by atoms with Crippen LogP contribution < -0.4 is 5.32 Å². The Balaban J connectivity index is 1.44. The van der Waals surface area contributed by atoms with Gasteiger partial charge in [0, 0.05) is 18.8 Å². The molecule has 1 saturated heterocycles. The van der Waals surface area contributed by atoms with E-state index in [-0.39, 0.29) is 24.8 Å². The number of carbonyl (C=O) groups excluding carboxylic acids is 2. The van der Waals surface area contributed by atoms with Crippen molar-refractivity contribution in [1.82, 2.24) is 35.4 Å². The second-order valence-electron chi connectivity index (χ2n) is 7.46. The second-order valence-corrected chi connectivity index (χ2v) is 7.46. The molecule has 0 unspecified atom stereocenters. The van der Waals surface area contributed by atoms with Gasteiger partial charge in [-0.25, -0.2) is 9.97 Å². The fourth-order valence-corrected chi connectivity index (χ4v) is 3.67. The molecular weight excluding hydrogens is 370 g/mol. The molecule has 4 rings (SSSR count). The van der Waals surface area contributed by atoms with Crippen LogP contribution in [0.1, 0.15) is 22.8 Å². The average Bonchev–Trinajstić information content (AvgIpc) is 3.35. The van der Waals surface area contributed by atoms with E-state index in [0.29, 0.717) is 25.3 Å². The highest BCUT2D eigenvalue weighted by molar-refractivity contribution is 5.88. The molecule has 0 aliphatic carbocycles. The Morgan fingerprint density at radius 1 is 1.21 bits per heavy atom. The van der Waals surface area contributed by atoms with Crippen molar-refractivity contribution in [3.63, 3.8) is 0 Å². The third kappa shape index (κ3) is 4.03. The maximum absolute atomic E-state index is 13.1. The summed E-state index contributed by atoms with van der Waals surface area (Å²) in [6, 6.07) is 9.86. The van der Waals surface area contributed by atoms with Crippen LogP contribution in [0, 0.1) is 12.3 Å². The summed E-state index contributed by atoms with van der Waals surface area (Å²) < 4.78 is 0. The molecule has 2 amide bonds. The number of aromatic amines is 2.